The third kappa shape index (κ3) is 5.91. The molecule has 0 aliphatic heterocycles. The zero-order valence-corrected chi connectivity index (χ0v) is 17.4. The van der Waals surface area contributed by atoms with Crippen molar-refractivity contribution in [1.82, 2.24) is 5.32 Å². The van der Waals surface area contributed by atoms with E-state index in [4.69, 9.17) is 23.2 Å². The van der Waals surface area contributed by atoms with Gasteiger partial charge < -0.3 is 10.6 Å². The van der Waals surface area contributed by atoms with Crippen LogP contribution in [0.2, 0.25) is 10.0 Å². The molecule has 3 aromatic rings. The molecule has 0 spiro atoms. The minimum atomic E-state index is -0.657. The molecule has 0 fully saturated rings. The number of para-hydroxylation sites is 1. The molecule has 0 atom stereocenters. The Balaban J connectivity index is 1.95. The first-order valence-corrected chi connectivity index (χ1v) is 9.68. The van der Waals surface area contributed by atoms with Gasteiger partial charge in [-0.15, -0.1) is 0 Å². The zero-order chi connectivity index (χ0) is 22.4. The number of nitro benzene ring substituents is 1. The van der Waals surface area contributed by atoms with Gasteiger partial charge in [0.05, 0.1) is 15.6 Å². The van der Waals surface area contributed by atoms with E-state index in [9.17, 15) is 19.7 Å². The molecule has 0 unspecified atom stereocenters. The highest BCUT2D eigenvalue weighted by Gasteiger charge is 2.17. The van der Waals surface area contributed by atoms with Crippen molar-refractivity contribution in [3.63, 3.8) is 0 Å². The van der Waals surface area contributed by atoms with E-state index in [1.165, 1.54) is 36.4 Å². The smallest absolute Gasteiger partial charge is 0.272 e. The Bertz CT molecular complexity index is 1190. The van der Waals surface area contributed by atoms with E-state index in [1.807, 2.05) is 0 Å². The summed E-state index contributed by atoms with van der Waals surface area (Å²) in [4.78, 5) is 36.1. The molecule has 0 heterocycles. The Labute approximate surface area is 187 Å². The maximum absolute atomic E-state index is 12.9. The van der Waals surface area contributed by atoms with Crippen molar-refractivity contribution in [3.8, 4) is 0 Å². The van der Waals surface area contributed by atoms with Gasteiger partial charge in [0, 0.05) is 22.7 Å². The number of anilines is 1. The van der Waals surface area contributed by atoms with Crippen LogP contribution >= 0.6 is 23.2 Å². The summed E-state index contributed by atoms with van der Waals surface area (Å²) in [5.74, 6) is -1.23. The number of carbonyl (C=O) groups is 2. The first-order chi connectivity index (χ1) is 14.8. The van der Waals surface area contributed by atoms with E-state index in [0.717, 1.165) is 0 Å². The molecule has 0 saturated heterocycles. The van der Waals surface area contributed by atoms with Gasteiger partial charge >= 0.3 is 0 Å². The van der Waals surface area contributed by atoms with Crippen molar-refractivity contribution < 1.29 is 14.5 Å². The predicted molar refractivity (Wildman–Crippen MR) is 120 cm³/mol. The molecule has 3 rings (SSSR count). The fraction of sp³-hybridized carbons (Fsp3) is 0. The number of nitrogens with zero attached hydrogens (tertiary/aromatic N) is 1. The van der Waals surface area contributed by atoms with Gasteiger partial charge in [-0.3, -0.25) is 19.7 Å². The average Bonchev–Trinajstić information content (AvgIpc) is 2.75. The Morgan fingerprint density at radius 3 is 2.39 bits per heavy atom. The van der Waals surface area contributed by atoms with Crippen LogP contribution in [0.4, 0.5) is 11.4 Å². The van der Waals surface area contributed by atoms with Crippen LogP contribution in [0.5, 0.6) is 0 Å². The summed E-state index contributed by atoms with van der Waals surface area (Å²) in [6.45, 7) is 0. The molecule has 2 amide bonds. The van der Waals surface area contributed by atoms with E-state index in [0.29, 0.717) is 21.3 Å². The standard InChI is InChI=1S/C22H15Cl2N3O4/c23-16-7-4-6-15(13-16)21(28)26-20(12-14-5-3-8-17(11-14)27(30)31)22(29)25-19-10-2-1-9-18(19)24/h1-13H,(H,25,29)(H,26,28). The summed E-state index contributed by atoms with van der Waals surface area (Å²) >= 11 is 12.0. The number of amides is 2. The molecule has 0 aromatic heterocycles. The Kier molecular flexibility index (Phi) is 7.02. The number of hydrogen-bond donors (Lipinski definition) is 2. The van der Waals surface area contributed by atoms with E-state index in [2.05, 4.69) is 10.6 Å². The molecule has 0 saturated carbocycles. The summed E-state index contributed by atoms with van der Waals surface area (Å²) in [5, 5.41) is 16.9. The fourth-order valence-corrected chi connectivity index (χ4v) is 3.00. The Hall–Kier alpha value is -3.68. The largest absolute Gasteiger partial charge is 0.319 e. The van der Waals surface area contributed by atoms with Crippen LogP contribution < -0.4 is 10.6 Å². The van der Waals surface area contributed by atoms with Gasteiger partial charge in [0.1, 0.15) is 5.70 Å². The van der Waals surface area contributed by atoms with Crippen molar-refractivity contribution in [1.29, 1.82) is 0 Å². The predicted octanol–water partition coefficient (Wildman–Crippen LogP) is 5.31. The molecule has 9 heteroatoms. The molecule has 7 nitrogen and oxygen atoms in total. The number of halogens is 2. The number of non-ortho nitro benzene ring substituents is 1. The summed E-state index contributed by atoms with van der Waals surface area (Å²) in [5.41, 5.74) is 0.648. The van der Waals surface area contributed by atoms with E-state index >= 15 is 0 Å². The summed E-state index contributed by atoms with van der Waals surface area (Å²) < 4.78 is 0. The van der Waals surface area contributed by atoms with Crippen molar-refractivity contribution >= 4 is 52.5 Å². The lowest BCUT2D eigenvalue weighted by Gasteiger charge is -2.12. The number of hydrogen-bond acceptors (Lipinski definition) is 4. The number of nitrogens with one attached hydrogen (secondary N) is 2. The van der Waals surface area contributed by atoms with Gasteiger partial charge in [-0.05, 0) is 42.0 Å². The minimum Gasteiger partial charge on any atom is -0.319 e. The van der Waals surface area contributed by atoms with Crippen LogP contribution in [0.25, 0.3) is 6.08 Å². The third-order valence-corrected chi connectivity index (χ3v) is 4.66. The van der Waals surface area contributed by atoms with Crippen LogP contribution in [-0.2, 0) is 4.79 Å². The average molecular weight is 456 g/mol. The summed E-state index contributed by atoms with van der Waals surface area (Å²) in [7, 11) is 0. The number of rotatable bonds is 6. The normalized spacial score (nSPS) is 11.0. The van der Waals surface area contributed by atoms with Crippen molar-refractivity contribution in [2.75, 3.05) is 5.32 Å². The molecular weight excluding hydrogens is 441 g/mol. The van der Waals surface area contributed by atoms with Crippen molar-refractivity contribution in [3.05, 3.63) is 110 Å². The monoisotopic (exact) mass is 455 g/mol. The molecule has 0 aliphatic rings. The van der Waals surface area contributed by atoms with Crippen molar-refractivity contribution in [2.24, 2.45) is 0 Å². The van der Waals surface area contributed by atoms with Gasteiger partial charge in [0.2, 0.25) is 0 Å². The molecule has 31 heavy (non-hydrogen) atoms. The lowest BCUT2D eigenvalue weighted by molar-refractivity contribution is -0.384. The highest BCUT2D eigenvalue weighted by atomic mass is 35.5. The Morgan fingerprint density at radius 2 is 1.68 bits per heavy atom. The van der Waals surface area contributed by atoms with E-state index in [1.54, 1.807) is 42.5 Å². The Morgan fingerprint density at radius 1 is 0.935 bits per heavy atom. The minimum absolute atomic E-state index is 0.134. The zero-order valence-electron chi connectivity index (χ0n) is 15.8. The summed E-state index contributed by atoms with van der Waals surface area (Å²) in [6, 6.07) is 18.5. The molecule has 2 N–H and O–H groups in total. The number of benzene rings is 3. The molecule has 156 valence electrons. The van der Waals surface area contributed by atoms with Crippen LogP contribution in [0.1, 0.15) is 15.9 Å². The second kappa shape index (κ2) is 9.88. The first kappa shape index (κ1) is 22.0. The third-order valence-electron chi connectivity index (χ3n) is 4.09. The molecule has 0 aliphatic carbocycles. The molecule has 3 aromatic carbocycles. The van der Waals surface area contributed by atoms with Crippen LogP contribution in [0, 0.1) is 10.1 Å². The maximum atomic E-state index is 12.9. The lowest BCUT2D eigenvalue weighted by Crippen LogP contribution is -2.30. The van der Waals surface area contributed by atoms with Gasteiger partial charge in [0.15, 0.2) is 0 Å². The summed E-state index contributed by atoms with van der Waals surface area (Å²) in [6.07, 6.45) is 1.33. The molecular formula is C22H15Cl2N3O4. The molecule has 0 bridgehead atoms. The number of nitro groups is 1. The van der Waals surface area contributed by atoms with Crippen LogP contribution in [0.3, 0.4) is 0 Å². The van der Waals surface area contributed by atoms with Crippen molar-refractivity contribution in [2.45, 2.75) is 0 Å². The van der Waals surface area contributed by atoms with Gasteiger partial charge in [0.25, 0.3) is 17.5 Å². The molecule has 0 radical (unpaired) electrons. The first-order valence-electron chi connectivity index (χ1n) is 8.92. The topological polar surface area (TPSA) is 101 Å². The highest BCUT2D eigenvalue weighted by molar-refractivity contribution is 6.34. The fourth-order valence-electron chi connectivity index (χ4n) is 2.63. The number of carbonyl (C=O) groups excluding carboxylic acids is 2. The van der Waals surface area contributed by atoms with Crippen LogP contribution in [0.15, 0.2) is 78.5 Å². The van der Waals surface area contributed by atoms with E-state index in [-0.39, 0.29) is 16.9 Å². The second-order valence-corrected chi connectivity index (χ2v) is 7.15. The van der Waals surface area contributed by atoms with Crippen LogP contribution in [-0.4, -0.2) is 16.7 Å². The lowest BCUT2D eigenvalue weighted by atomic mass is 10.1. The second-order valence-electron chi connectivity index (χ2n) is 6.31. The van der Waals surface area contributed by atoms with Gasteiger partial charge in [-0.2, -0.15) is 0 Å². The quantitative estimate of drug-likeness (QED) is 0.298. The SMILES string of the molecule is O=C(Nc1ccccc1Cl)C(=Cc1cccc([N+](=O)[O-])c1)NC(=O)c1cccc(Cl)c1. The van der Waals surface area contributed by atoms with E-state index < -0.39 is 16.7 Å². The maximum Gasteiger partial charge on any atom is 0.272 e. The highest BCUT2D eigenvalue weighted by Crippen LogP contribution is 2.22. The van der Waals surface area contributed by atoms with Gasteiger partial charge in [-0.1, -0.05) is 53.5 Å². The van der Waals surface area contributed by atoms with Gasteiger partial charge in [-0.25, -0.2) is 0 Å².